The van der Waals surface area contributed by atoms with Gasteiger partial charge in [0.05, 0.1) is 13.3 Å². The summed E-state index contributed by atoms with van der Waals surface area (Å²) in [5.41, 5.74) is 6.95. The first-order valence-electron chi connectivity index (χ1n) is 10.1. The number of rotatable bonds is 8. The Morgan fingerprint density at radius 3 is 2.73 bits per heavy atom. The molecule has 0 aromatic carbocycles. The lowest BCUT2D eigenvalue weighted by Crippen LogP contribution is -2.39. The molecule has 0 aliphatic carbocycles. The first-order valence-corrected chi connectivity index (χ1v) is 10.1. The van der Waals surface area contributed by atoms with Gasteiger partial charge in [-0.15, -0.1) is 0 Å². The van der Waals surface area contributed by atoms with Crippen molar-refractivity contribution in [1.29, 1.82) is 0 Å². The molecule has 1 saturated heterocycles. The molecule has 1 aromatic rings. The summed E-state index contributed by atoms with van der Waals surface area (Å²) in [6.45, 7) is 11.5. The lowest BCUT2D eigenvalue weighted by Gasteiger charge is -2.35. The van der Waals surface area contributed by atoms with Gasteiger partial charge >= 0.3 is 6.01 Å². The molecule has 3 N–H and O–H groups in total. The van der Waals surface area contributed by atoms with E-state index in [1.165, 1.54) is 32.4 Å². The molecule has 7 nitrogen and oxygen atoms in total. The third-order valence-corrected chi connectivity index (χ3v) is 5.56. The van der Waals surface area contributed by atoms with Gasteiger partial charge < -0.3 is 25.6 Å². The Kier molecular flexibility index (Phi) is 6.40. The van der Waals surface area contributed by atoms with Crippen LogP contribution in [0.15, 0.2) is 0 Å². The number of nitrogens with two attached hydrogens (primary N) is 1. The highest BCUT2D eigenvalue weighted by Crippen LogP contribution is 2.35. The van der Waals surface area contributed by atoms with Gasteiger partial charge in [-0.1, -0.05) is 13.3 Å². The smallest absolute Gasteiger partial charge is 0.320 e. The second kappa shape index (κ2) is 8.75. The first kappa shape index (κ1) is 19.0. The number of ether oxygens (including phenoxy) is 1. The number of piperidine rings is 1. The van der Waals surface area contributed by atoms with Crippen LogP contribution < -0.4 is 20.7 Å². The Morgan fingerprint density at radius 2 is 2.04 bits per heavy atom. The highest BCUT2D eigenvalue weighted by atomic mass is 16.5. The number of likely N-dealkylation sites (tertiary alicyclic amines) is 1. The van der Waals surface area contributed by atoms with Crippen LogP contribution in [0, 0.1) is 5.92 Å². The van der Waals surface area contributed by atoms with Gasteiger partial charge in [-0.05, 0) is 58.5 Å². The molecule has 0 unspecified atom stereocenters. The van der Waals surface area contributed by atoms with E-state index in [1.54, 1.807) is 0 Å². The fraction of sp³-hybridized carbons (Fsp3) is 0.789. The van der Waals surface area contributed by atoms with E-state index in [9.17, 15) is 0 Å². The van der Waals surface area contributed by atoms with E-state index >= 15 is 0 Å². The van der Waals surface area contributed by atoms with Crippen molar-refractivity contribution in [3.05, 3.63) is 0 Å². The van der Waals surface area contributed by atoms with Crippen LogP contribution in [0.5, 0.6) is 6.01 Å². The third-order valence-electron chi connectivity index (χ3n) is 5.56. The van der Waals surface area contributed by atoms with Gasteiger partial charge in [-0.3, -0.25) is 0 Å². The lowest BCUT2D eigenvalue weighted by molar-refractivity contribution is 0.146. The summed E-state index contributed by atoms with van der Waals surface area (Å²) in [5.74, 6) is 2.17. The largest absolute Gasteiger partial charge is 0.463 e. The Morgan fingerprint density at radius 1 is 1.27 bits per heavy atom. The van der Waals surface area contributed by atoms with Gasteiger partial charge in [-0.25, -0.2) is 0 Å². The molecule has 146 valence electrons. The fourth-order valence-corrected chi connectivity index (χ4v) is 3.75. The number of unbranched alkanes of at least 4 members (excludes halogenated alkanes) is 1. The summed E-state index contributed by atoms with van der Waals surface area (Å²) in [5, 5.41) is 3.33. The summed E-state index contributed by atoms with van der Waals surface area (Å²) in [6.07, 6.45) is 5.87. The molecule has 0 bridgehead atoms. The van der Waals surface area contributed by atoms with Crippen LogP contribution in [0.1, 0.15) is 52.9 Å². The molecule has 3 heterocycles. The van der Waals surface area contributed by atoms with E-state index in [0.717, 1.165) is 43.5 Å². The molecule has 3 rings (SSSR count). The molecule has 0 amide bonds. The zero-order valence-corrected chi connectivity index (χ0v) is 16.5. The maximum Gasteiger partial charge on any atom is 0.320 e. The summed E-state index contributed by atoms with van der Waals surface area (Å²) in [7, 11) is 0. The normalized spacial score (nSPS) is 18.2. The molecule has 1 aromatic heterocycles. The predicted molar refractivity (Wildman–Crippen MR) is 107 cm³/mol. The molecule has 0 spiro atoms. The van der Waals surface area contributed by atoms with E-state index in [4.69, 9.17) is 10.5 Å². The molecule has 0 radical (unpaired) electrons. The van der Waals surface area contributed by atoms with E-state index in [2.05, 4.69) is 45.9 Å². The average Bonchev–Trinajstić information content (AvgIpc) is 3.04. The van der Waals surface area contributed by atoms with Crippen LogP contribution in [0.4, 0.5) is 17.3 Å². The van der Waals surface area contributed by atoms with E-state index in [0.29, 0.717) is 24.5 Å². The number of aromatic nitrogens is 2. The van der Waals surface area contributed by atoms with Crippen LogP contribution in [0.25, 0.3) is 0 Å². The molecule has 2 aliphatic heterocycles. The Hall–Kier alpha value is -1.76. The minimum atomic E-state index is 0.397. The van der Waals surface area contributed by atoms with Crippen LogP contribution in [-0.4, -0.2) is 53.8 Å². The molecule has 1 fully saturated rings. The number of anilines is 3. The highest BCUT2D eigenvalue weighted by Gasteiger charge is 2.27. The van der Waals surface area contributed by atoms with Crippen molar-refractivity contribution in [3.8, 4) is 6.01 Å². The summed E-state index contributed by atoms with van der Waals surface area (Å²) in [6, 6.07) is 1.06. The van der Waals surface area contributed by atoms with Crippen molar-refractivity contribution in [1.82, 2.24) is 14.9 Å². The molecule has 0 atom stereocenters. The number of hydrogen-bond acceptors (Lipinski definition) is 7. The van der Waals surface area contributed by atoms with Crippen molar-refractivity contribution in [2.45, 2.75) is 58.9 Å². The maximum absolute atomic E-state index is 6.10. The molecular formula is C19H34N6O. The molecule has 26 heavy (non-hydrogen) atoms. The van der Waals surface area contributed by atoms with Gasteiger partial charge in [0.15, 0.2) is 11.6 Å². The minimum Gasteiger partial charge on any atom is -0.463 e. The van der Waals surface area contributed by atoms with E-state index in [-0.39, 0.29) is 0 Å². The molecular weight excluding hydrogens is 328 g/mol. The minimum absolute atomic E-state index is 0.397. The van der Waals surface area contributed by atoms with Gasteiger partial charge in [0.25, 0.3) is 0 Å². The number of nitrogen functional groups attached to an aromatic ring is 1. The van der Waals surface area contributed by atoms with Crippen LogP contribution in [0.2, 0.25) is 0 Å². The Labute approximate surface area is 157 Å². The summed E-state index contributed by atoms with van der Waals surface area (Å²) < 4.78 is 5.67. The monoisotopic (exact) mass is 362 g/mol. The number of nitrogens with one attached hydrogen (secondary N) is 1. The Bertz CT molecular complexity index is 586. The van der Waals surface area contributed by atoms with E-state index in [1.807, 2.05) is 0 Å². The number of hydrogen-bond donors (Lipinski definition) is 2. The van der Waals surface area contributed by atoms with Crippen LogP contribution in [-0.2, 0) is 0 Å². The van der Waals surface area contributed by atoms with Crippen molar-refractivity contribution in [2.75, 3.05) is 48.9 Å². The zero-order chi connectivity index (χ0) is 18.5. The van der Waals surface area contributed by atoms with Crippen molar-refractivity contribution < 1.29 is 4.74 Å². The third kappa shape index (κ3) is 4.50. The van der Waals surface area contributed by atoms with Crippen molar-refractivity contribution in [3.63, 3.8) is 0 Å². The SMILES string of the molecule is CCCCOc1nc(N)c2c(n1)N(CCC1CCN(C(C)C)CC1)CN2. The Balaban J connectivity index is 1.55. The zero-order valence-electron chi connectivity index (χ0n) is 16.5. The number of nitrogens with zero attached hydrogens (tertiary/aromatic N) is 4. The molecule has 7 heteroatoms. The standard InChI is InChI=1S/C19H34N6O/c1-4-5-12-26-19-22-17(20)16-18(23-19)25(13-21-16)11-8-15-6-9-24(10-7-15)14(2)3/h14-15,21H,4-13H2,1-3H3,(H2,20,22,23). The van der Waals surface area contributed by atoms with Crippen LogP contribution in [0.3, 0.4) is 0 Å². The highest BCUT2D eigenvalue weighted by molar-refractivity contribution is 5.80. The fourth-order valence-electron chi connectivity index (χ4n) is 3.75. The second-order valence-electron chi connectivity index (χ2n) is 7.75. The van der Waals surface area contributed by atoms with E-state index < -0.39 is 0 Å². The number of fused-ring (bicyclic) bond motifs is 1. The van der Waals surface area contributed by atoms with Gasteiger partial charge in [0.1, 0.15) is 5.69 Å². The maximum atomic E-state index is 6.10. The summed E-state index contributed by atoms with van der Waals surface area (Å²) >= 11 is 0. The van der Waals surface area contributed by atoms with Gasteiger partial charge in [0.2, 0.25) is 0 Å². The van der Waals surface area contributed by atoms with Crippen molar-refractivity contribution >= 4 is 17.3 Å². The average molecular weight is 363 g/mol. The second-order valence-corrected chi connectivity index (χ2v) is 7.75. The van der Waals surface area contributed by atoms with Crippen LogP contribution >= 0.6 is 0 Å². The predicted octanol–water partition coefficient (Wildman–Crippen LogP) is 2.94. The summed E-state index contributed by atoms with van der Waals surface area (Å²) in [4.78, 5) is 13.7. The topological polar surface area (TPSA) is 79.5 Å². The molecule has 2 aliphatic rings. The van der Waals surface area contributed by atoms with Gasteiger partial charge in [0, 0.05) is 12.6 Å². The van der Waals surface area contributed by atoms with Gasteiger partial charge in [-0.2, -0.15) is 9.97 Å². The first-order chi connectivity index (χ1) is 12.6. The quantitative estimate of drug-likeness (QED) is 0.688. The molecule has 0 saturated carbocycles. The lowest BCUT2D eigenvalue weighted by atomic mass is 9.93. The van der Waals surface area contributed by atoms with Crippen molar-refractivity contribution in [2.24, 2.45) is 5.92 Å².